The van der Waals surface area contributed by atoms with E-state index < -0.39 is 5.60 Å². The highest BCUT2D eigenvalue weighted by Crippen LogP contribution is 2.46. The maximum absolute atomic E-state index is 13.3. The minimum absolute atomic E-state index is 0.262. The van der Waals surface area contributed by atoms with Crippen molar-refractivity contribution in [3.05, 3.63) is 35.6 Å². The van der Waals surface area contributed by atoms with E-state index in [0.717, 1.165) is 37.7 Å². The quantitative estimate of drug-likeness (QED) is 0.843. The predicted molar refractivity (Wildman–Crippen MR) is 76.3 cm³/mol. The van der Waals surface area contributed by atoms with Crippen molar-refractivity contribution in [2.24, 2.45) is 11.3 Å². The lowest BCUT2D eigenvalue weighted by atomic mass is 9.65. The molecule has 1 nitrogen and oxygen atoms in total. The number of benzene rings is 1. The molecule has 19 heavy (non-hydrogen) atoms. The molecular weight excluding hydrogens is 239 g/mol. The van der Waals surface area contributed by atoms with E-state index in [1.165, 1.54) is 12.1 Å². The number of halogens is 1. The molecule has 0 atom stereocenters. The van der Waals surface area contributed by atoms with Crippen LogP contribution in [0.3, 0.4) is 0 Å². The summed E-state index contributed by atoms with van der Waals surface area (Å²) in [7, 11) is 0. The first-order valence-electron chi connectivity index (χ1n) is 7.36. The smallest absolute Gasteiger partial charge is 0.123 e. The average molecular weight is 264 g/mol. The van der Waals surface area contributed by atoms with Crippen LogP contribution in [0, 0.1) is 17.2 Å². The van der Waals surface area contributed by atoms with Crippen molar-refractivity contribution >= 4 is 0 Å². The van der Waals surface area contributed by atoms with Gasteiger partial charge in [-0.2, -0.15) is 0 Å². The summed E-state index contributed by atoms with van der Waals surface area (Å²) < 4.78 is 13.3. The molecule has 0 heterocycles. The Hall–Kier alpha value is -0.890. The van der Waals surface area contributed by atoms with E-state index >= 15 is 0 Å². The Balaban J connectivity index is 2.10. The van der Waals surface area contributed by atoms with Crippen molar-refractivity contribution in [2.75, 3.05) is 0 Å². The molecule has 0 amide bonds. The van der Waals surface area contributed by atoms with Crippen molar-refractivity contribution in [1.29, 1.82) is 0 Å². The molecule has 0 unspecified atom stereocenters. The second-order valence-corrected chi connectivity index (χ2v) is 6.66. The van der Waals surface area contributed by atoms with Crippen molar-refractivity contribution < 1.29 is 9.50 Å². The van der Waals surface area contributed by atoms with Crippen molar-refractivity contribution in [3.63, 3.8) is 0 Å². The molecule has 0 saturated heterocycles. The Morgan fingerprint density at radius 3 is 2.47 bits per heavy atom. The normalized spacial score (nSPS) is 28.4. The molecule has 0 aromatic heterocycles. The topological polar surface area (TPSA) is 20.2 Å². The minimum atomic E-state index is -0.831. The van der Waals surface area contributed by atoms with Gasteiger partial charge >= 0.3 is 0 Å². The van der Waals surface area contributed by atoms with Crippen LogP contribution in [0.5, 0.6) is 0 Å². The van der Waals surface area contributed by atoms with Gasteiger partial charge in [0.05, 0.1) is 5.60 Å². The largest absolute Gasteiger partial charge is 0.385 e. The summed E-state index contributed by atoms with van der Waals surface area (Å²) in [4.78, 5) is 0. The second-order valence-electron chi connectivity index (χ2n) is 6.66. The highest BCUT2D eigenvalue weighted by Gasteiger charge is 2.39. The van der Waals surface area contributed by atoms with Crippen LogP contribution in [-0.4, -0.2) is 5.11 Å². The fraction of sp³-hybridized carbons (Fsp3) is 0.647. The van der Waals surface area contributed by atoms with Crippen LogP contribution in [0.25, 0.3) is 0 Å². The molecule has 0 bridgehead atoms. The number of rotatable bonds is 3. The molecule has 1 aliphatic rings. The maximum Gasteiger partial charge on any atom is 0.123 e. The Morgan fingerprint density at radius 1 is 1.32 bits per heavy atom. The van der Waals surface area contributed by atoms with E-state index in [1.54, 1.807) is 6.07 Å². The fourth-order valence-electron chi connectivity index (χ4n) is 3.23. The third kappa shape index (κ3) is 3.00. The van der Waals surface area contributed by atoms with E-state index in [0.29, 0.717) is 11.3 Å². The number of hydrogen-bond acceptors (Lipinski definition) is 1. The predicted octanol–water partition coefficient (Wildman–Crippen LogP) is 4.64. The summed E-state index contributed by atoms with van der Waals surface area (Å²) >= 11 is 0. The van der Waals surface area contributed by atoms with E-state index in [2.05, 4.69) is 20.8 Å². The van der Waals surface area contributed by atoms with Gasteiger partial charge in [0.2, 0.25) is 0 Å². The average Bonchev–Trinajstić information content (AvgIpc) is 2.39. The Morgan fingerprint density at radius 2 is 1.95 bits per heavy atom. The first-order valence-corrected chi connectivity index (χ1v) is 7.36. The lowest BCUT2D eigenvalue weighted by Gasteiger charge is -2.42. The fourth-order valence-corrected chi connectivity index (χ4v) is 3.23. The van der Waals surface area contributed by atoms with Crippen LogP contribution in [0.15, 0.2) is 24.3 Å². The monoisotopic (exact) mass is 264 g/mol. The van der Waals surface area contributed by atoms with Gasteiger partial charge in [-0.3, -0.25) is 0 Å². The van der Waals surface area contributed by atoms with Crippen molar-refractivity contribution in [3.8, 4) is 0 Å². The third-order valence-corrected chi connectivity index (χ3v) is 5.19. The van der Waals surface area contributed by atoms with Gasteiger partial charge in [-0.25, -0.2) is 4.39 Å². The van der Waals surface area contributed by atoms with Crippen LogP contribution in [0.4, 0.5) is 4.39 Å². The molecule has 0 aliphatic heterocycles. The molecule has 1 aromatic rings. The van der Waals surface area contributed by atoms with Gasteiger partial charge in [0.1, 0.15) is 5.82 Å². The molecule has 1 N–H and O–H groups in total. The molecule has 0 spiro atoms. The second kappa shape index (κ2) is 5.24. The molecular formula is C17H25FO. The van der Waals surface area contributed by atoms with E-state index in [1.807, 2.05) is 6.07 Å². The lowest BCUT2D eigenvalue weighted by molar-refractivity contribution is -0.0330. The van der Waals surface area contributed by atoms with Gasteiger partial charge in [-0.05, 0) is 54.7 Å². The summed E-state index contributed by atoms with van der Waals surface area (Å²) in [6.45, 7) is 6.85. The van der Waals surface area contributed by atoms with Gasteiger partial charge in [0, 0.05) is 0 Å². The number of aliphatic hydroxyl groups is 1. The van der Waals surface area contributed by atoms with Gasteiger partial charge < -0.3 is 5.11 Å². The van der Waals surface area contributed by atoms with Crippen molar-refractivity contribution in [1.82, 2.24) is 0 Å². The Bertz CT molecular complexity index is 431. The van der Waals surface area contributed by atoms with Gasteiger partial charge in [0.25, 0.3) is 0 Å². The van der Waals surface area contributed by atoms with Crippen LogP contribution in [0.2, 0.25) is 0 Å². The van der Waals surface area contributed by atoms with E-state index in [-0.39, 0.29) is 5.82 Å². The summed E-state index contributed by atoms with van der Waals surface area (Å²) in [5.74, 6) is 0.397. The zero-order valence-corrected chi connectivity index (χ0v) is 12.2. The minimum Gasteiger partial charge on any atom is -0.385 e. The standard InChI is InChI=1S/C17H25FO/c1-4-16(2,3)13-8-10-17(19,11-9-13)14-6-5-7-15(18)12-14/h5-7,12-13,19H,4,8-11H2,1-3H3. The van der Waals surface area contributed by atoms with Gasteiger partial charge in [0.15, 0.2) is 0 Å². The highest BCUT2D eigenvalue weighted by atomic mass is 19.1. The molecule has 2 heteroatoms. The summed E-state index contributed by atoms with van der Waals surface area (Å²) in [6.07, 6.45) is 4.69. The lowest BCUT2D eigenvalue weighted by Crippen LogP contribution is -2.36. The van der Waals surface area contributed by atoms with E-state index in [9.17, 15) is 9.50 Å². The summed E-state index contributed by atoms with van der Waals surface area (Å²) in [5.41, 5.74) is 0.242. The highest BCUT2D eigenvalue weighted by molar-refractivity contribution is 5.24. The third-order valence-electron chi connectivity index (χ3n) is 5.19. The summed E-state index contributed by atoms with van der Waals surface area (Å²) in [6, 6.07) is 6.43. The van der Waals surface area contributed by atoms with Gasteiger partial charge in [-0.1, -0.05) is 39.3 Å². The zero-order valence-electron chi connectivity index (χ0n) is 12.2. The zero-order chi connectivity index (χ0) is 14.1. The molecule has 1 saturated carbocycles. The van der Waals surface area contributed by atoms with Crippen LogP contribution >= 0.6 is 0 Å². The molecule has 1 aliphatic carbocycles. The molecule has 0 radical (unpaired) electrons. The molecule has 106 valence electrons. The Kier molecular flexibility index (Phi) is 4.00. The van der Waals surface area contributed by atoms with E-state index in [4.69, 9.17) is 0 Å². The Labute approximate surface area is 115 Å². The first kappa shape index (κ1) is 14.5. The van der Waals surface area contributed by atoms with Crippen LogP contribution < -0.4 is 0 Å². The molecule has 1 aromatic carbocycles. The maximum atomic E-state index is 13.3. The van der Waals surface area contributed by atoms with Crippen molar-refractivity contribution in [2.45, 2.75) is 58.5 Å². The molecule has 1 fully saturated rings. The molecule has 2 rings (SSSR count). The van der Waals surface area contributed by atoms with Crippen LogP contribution in [-0.2, 0) is 5.60 Å². The van der Waals surface area contributed by atoms with Gasteiger partial charge in [-0.15, -0.1) is 0 Å². The SMILES string of the molecule is CCC(C)(C)C1CCC(O)(c2cccc(F)c2)CC1. The number of hydrogen-bond donors (Lipinski definition) is 1. The van der Waals surface area contributed by atoms with Crippen LogP contribution in [0.1, 0.15) is 58.4 Å². The first-order chi connectivity index (χ1) is 8.87. The summed E-state index contributed by atoms with van der Waals surface area (Å²) in [5, 5.41) is 10.8.